The maximum absolute atomic E-state index is 6.26. The molecule has 120 valence electrons. The van der Waals surface area contributed by atoms with E-state index in [0.29, 0.717) is 17.3 Å². The summed E-state index contributed by atoms with van der Waals surface area (Å²) < 4.78 is 2.82. The van der Waals surface area contributed by atoms with E-state index in [1.54, 1.807) is 16.0 Å². The van der Waals surface area contributed by atoms with Gasteiger partial charge in [-0.25, -0.2) is 19.6 Å². The summed E-state index contributed by atoms with van der Waals surface area (Å²) in [5, 5.41) is 8.35. The molecule has 0 bridgehead atoms. The second kappa shape index (κ2) is 5.57. The quantitative estimate of drug-likeness (QED) is 0.596. The average molecular weight is 337 g/mol. The Kier molecular flexibility index (Phi) is 3.39. The molecule has 7 nitrogen and oxygen atoms in total. The van der Waals surface area contributed by atoms with Gasteiger partial charge in [0.1, 0.15) is 12.0 Å². The molecule has 0 amide bonds. The molecule has 4 aromatic rings. The minimum atomic E-state index is 0.433. The van der Waals surface area contributed by atoms with Crippen LogP contribution < -0.4 is 11.1 Å². The van der Waals surface area contributed by atoms with E-state index < -0.39 is 0 Å². The standard InChI is InChI=1S/C16H15N7S/c1-9-7-10(2)23(22-9)15-13(17)14(18-8-19-15)21-16-20-11-5-3-4-6-12(11)24-16/h3-8H,17H2,1-2H3,(H,18,19,20,21). The van der Waals surface area contributed by atoms with Gasteiger partial charge in [-0.05, 0) is 32.0 Å². The highest BCUT2D eigenvalue weighted by Crippen LogP contribution is 2.30. The van der Waals surface area contributed by atoms with E-state index in [4.69, 9.17) is 5.73 Å². The fourth-order valence-corrected chi connectivity index (χ4v) is 3.39. The summed E-state index contributed by atoms with van der Waals surface area (Å²) in [6, 6.07) is 9.93. The van der Waals surface area contributed by atoms with E-state index in [2.05, 4.69) is 25.4 Å². The Balaban J connectivity index is 1.73. The van der Waals surface area contributed by atoms with E-state index in [-0.39, 0.29) is 0 Å². The number of para-hydroxylation sites is 1. The normalized spacial score (nSPS) is 11.1. The van der Waals surface area contributed by atoms with E-state index in [9.17, 15) is 0 Å². The van der Waals surface area contributed by atoms with Crippen molar-refractivity contribution in [1.29, 1.82) is 0 Å². The summed E-state index contributed by atoms with van der Waals surface area (Å²) in [7, 11) is 0. The number of nitrogens with zero attached hydrogens (tertiary/aromatic N) is 5. The van der Waals surface area contributed by atoms with Crippen LogP contribution in [0.3, 0.4) is 0 Å². The zero-order valence-electron chi connectivity index (χ0n) is 13.2. The zero-order chi connectivity index (χ0) is 16.7. The van der Waals surface area contributed by atoms with E-state index in [1.807, 2.05) is 44.2 Å². The molecule has 0 spiro atoms. The van der Waals surface area contributed by atoms with Gasteiger partial charge in [0, 0.05) is 5.69 Å². The first-order chi connectivity index (χ1) is 11.6. The lowest BCUT2D eigenvalue weighted by Crippen LogP contribution is -2.09. The summed E-state index contributed by atoms with van der Waals surface area (Å²) >= 11 is 1.55. The summed E-state index contributed by atoms with van der Waals surface area (Å²) in [4.78, 5) is 13.1. The van der Waals surface area contributed by atoms with Crippen molar-refractivity contribution in [3.8, 4) is 5.82 Å². The van der Waals surface area contributed by atoms with Gasteiger partial charge in [0.05, 0.1) is 15.9 Å². The van der Waals surface area contributed by atoms with Crippen LogP contribution in [-0.4, -0.2) is 24.7 Å². The van der Waals surface area contributed by atoms with Gasteiger partial charge in [-0.2, -0.15) is 5.10 Å². The van der Waals surface area contributed by atoms with Crippen LogP contribution in [0.2, 0.25) is 0 Å². The summed E-state index contributed by atoms with van der Waals surface area (Å²) in [5.41, 5.74) is 9.51. The molecule has 3 N–H and O–H groups in total. The van der Waals surface area contributed by atoms with Crippen molar-refractivity contribution in [2.45, 2.75) is 13.8 Å². The third-order valence-corrected chi connectivity index (χ3v) is 4.54. The molecule has 0 saturated carbocycles. The number of nitrogens with one attached hydrogen (secondary N) is 1. The van der Waals surface area contributed by atoms with E-state index >= 15 is 0 Å². The van der Waals surface area contributed by atoms with Crippen LogP contribution >= 0.6 is 11.3 Å². The van der Waals surface area contributed by atoms with Crippen LogP contribution in [-0.2, 0) is 0 Å². The summed E-state index contributed by atoms with van der Waals surface area (Å²) in [6.45, 7) is 3.89. The van der Waals surface area contributed by atoms with E-state index in [1.165, 1.54) is 6.33 Å². The Morgan fingerprint density at radius 1 is 1.17 bits per heavy atom. The monoisotopic (exact) mass is 337 g/mol. The van der Waals surface area contributed by atoms with E-state index in [0.717, 1.165) is 26.7 Å². The number of benzene rings is 1. The number of hydrogen-bond donors (Lipinski definition) is 2. The number of nitrogens with two attached hydrogens (primary N) is 1. The lowest BCUT2D eigenvalue weighted by atomic mass is 10.3. The predicted molar refractivity (Wildman–Crippen MR) is 95.9 cm³/mol. The molecule has 4 rings (SSSR count). The Labute approximate surface area is 142 Å². The number of anilines is 3. The molecular weight excluding hydrogens is 322 g/mol. The molecule has 0 aliphatic carbocycles. The van der Waals surface area contributed by atoms with Gasteiger partial charge in [-0.1, -0.05) is 23.5 Å². The van der Waals surface area contributed by atoms with Crippen LogP contribution in [0.25, 0.3) is 16.0 Å². The molecule has 0 saturated heterocycles. The van der Waals surface area contributed by atoms with Crippen molar-refractivity contribution in [1.82, 2.24) is 24.7 Å². The molecule has 24 heavy (non-hydrogen) atoms. The van der Waals surface area contributed by atoms with Crippen molar-refractivity contribution in [3.05, 3.63) is 48.0 Å². The molecule has 1 aromatic carbocycles. The predicted octanol–water partition coefficient (Wildman–Crippen LogP) is 3.21. The Hall–Kier alpha value is -3.00. The molecule has 0 fully saturated rings. The Bertz CT molecular complexity index is 1000. The van der Waals surface area contributed by atoms with Crippen LogP contribution in [0.5, 0.6) is 0 Å². The first-order valence-electron chi connectivity index (χ1n) is 7.38. The van der Waals surface area contributed by atoms with Crippen molar-refractivity contribution < 1.29 is 0 Å². The van der Waals surface area contributed by atoms with Gasteiger partial charge in [0.15, 0.2) is 16.8 Å². The van der Waals surface area contributed by atoms with Crippen molar-refractivity contribution in [3.63, 3.8) is 0 Å². The number of nitrogen functional groups attached to an aromatic ring is 1. The van der Waals surface area contributed by atoms with Gasteiger partial charge >= 0.3 is 0 Å². The SMILES string of the molecule is Cc1cc(C)n(-c2ncnc(Nc3nc4ccccc4s3)c2N)n1. The fraction of sp³-hybridized carbons (Fsp3) is 0.125. The molecule has 0 aliphatic rings. The first-order valence-corrected chi connectivity index (χ1v) is 8.20. The molecule has 0 aliphatic heterocycles. The van der Waals surface area contributed by atoms with Gasteiger partial charge < -0.3 is 11.1 Å². The average Bonchev–Trinajstić information content (AvgIpc) is 3.11. The highest BCUT2D eigenvalue weighted by molar-refractivity contribution is 7.22. The highest BCUT2D eigenvalue weighted by atomic mass is 32.1. The largest absolute Gasteiger partial charge is 0.393 e. The molecule has 8 heteroatoms. The molecule has 0 radical (unpaired) electrons. The lowest BCUT2D eigenvalue weighted by Gasteiger charge is -2.10. The molecule has 3 heterocycles. The Morgan fingerprint density at radius 3 is 2.75 bits per heavy atom. The van der Waals surface area contributed by atoms with Crippen LogP contribution in [0, 0.1) is 13.8 Å². The van der Waals surface area contributed by atoms with Crippen LogP contribution in [0.15, 0.2) is 36.7 Å². The van der Waals surface area contributed by atoms with Crippen LogP contribution in [0.4, 0.5) is 16.6 Å². The highest BCUT2D eigenvalue weighted by Gasteiger charge is 2.14. The molecule has 0 atom stereocenters. The van der Waals surface area contributed by atoms with Gasteiger partial charge in [0.25, 0.3) is 0 Å². The van der Waals surface area contributed by atoms with Crippen molar-refractivity contribution in [2.75, 3.05) is 11.1 Å². The number of thiazole rings is 1. The van der Waals surface area contributed by atoms with Crippen LogP contribution in [0.1, 0.15) is 11.4 Å². The maximum atomic E-state index is 6.26. The Morgan fingerprint density at radius 2 is 2.00 bits per heavy atom. The van der Waals surface area contributed by atoms with Gasteiger partial charge in [-0.15, -0.1) is 0 Å². The number of aromatic nitrogens is 5. The second-order valence-electron chi connectivity index (χ2n) is 5.41. The maximum Gasteiger partial charge on any atom is 0.189 e. The van der Waals surface area contributed by atoms with Gasteiger partial charge in [0.2, 0.25) is 0 Å². The third-order valence-electron chi connectivity index (χ3n) is 3.59. The first kappa shape index (κ1) is 14.6. The summed E-state index contributed by atoms with van der Waals surface area (Å²) in [6.07, 6.45) is 1.47. The smallest absolute Gasteiger partial charge is 0.189 e. The second-order valence-corrected chi connectivity index (χ2v) is 6.44. The van der Waals surface area contributed by atoms with Crippen molar-refractivity contribution in [2.24, 2.45) is 0 Å². The number of hydrogen-bond acceptors (Lipinski definition) is 7. The fourth-order valence-electron chi connectivity index (χ4n) is 2.52. The number of aryl methyl sites for hydroxylation is 2. The zero-order valence-corrected chi connectivity index (χ0v) is 14.0. The van der Waals surface area contributed by atoms with Crippen molar-refractivity contribution >= 4 is 38.2 Å². The third kappa shape index (κ3) is 2.46. The topological polar surface area (TPSA) is 94.5 Å². The number of rotatable bonds is 3. The minimum Gasteiger partial charge on any atom is -0.393 e. The molecule has 0 unspecified atom stereocenters. The lowest BCUT2D eigenvalue weighted by molar-refractivity contribution is 0.804. The molecular formula is C16H15N7S. The minimum absolute atomic E-state index is 0.433. The number of fused-ring (bicyclic) bond motifs is 1. The van der Waals surface area contributed by atoms with Gasteiger partial charge in [-0.3, -0.25) is 0 Å². The molecule has 3 aromatic heterocycles. The summed E-state index contributed by atoms with van der Waals surface area (Å²) in [5.74, 6) is 1.07.